The summed E-state index contributed by atoms with van der Waals surface area (Å²) in [6.07, 6.45) is 1.11. The molecule has 2 aromatic rings. The van der Waals surface area contributed by atoms with Gasteiger partial charge < -0.3 is 20.2 Å². The highest BCUT2D eigenvalue weighted by Gasteiger charge is 2.33. The first-order chi connectivity index (χ1) is 17.7. The second kappa shape index (κ2) is 11.7. The number of anilines is 2. The van der Waals surface area contributed by atoms with Gasteiger partial charge in [-0.05, 0) is 53.0 Å². The highest BCUT2D eigenvalue weighted by atomic mass is 79.9. The number of pyridine rings is 1. The van der Waals surface area contributed by atoms with Gasteiger partial charge in [0.2, 0.25) is 5.92 Å². The van der Waals surface area contributed by atoms with E-state index in [4.69, 9.17) is 5.11 Å². The van der Waals surface area contributed by atoms with E-state index in [2.05, 4.69) is 30.6 Å². The van der Waals surface area contributed by atoms with Crippen molar-refractivity contribution in [2.75, 3.05) is 43.2 Å². The molecule has 0 radical (unpaired) electrons. The van der Waals surface area contributed by atoms with Gasteiger partial charge in [-0.3, -0.25) is 9.59 Å². The van der Waals surface area contributed by atoms with E-state index >= 15 is 0 Å². The minimum Gasteiger partial charge on any atom is -0.465 e. The van der Waals surface area contributed by atoms with E-state index in [1.165, 1.54) is 37.7 Å². The van der Waals surface area contributed by atoms with Gasteiger partial charge in [-0.2, -0.15) is 4.36 Å². The predicted molar refractivity (Wildman–Crippen MR) is 143 cm³/mol. The van der Waals surface area contributed by atoms with E-state index in [9.17, 15) is 27.4 Å². The smallest absolute Gasteiger partial charge is 0.407 e. The number of hydrogen-bond acceptors (Lipinski definition) is 6. The van der Waals surface area contributed by atoms with Crippen molar-refractivity contribution in [1.29, 1.82) is 0 Å². The van der Waals surface area contributed by atoms with Crippen molar-refractivity contribution in [3.05, 3.63) is 46.1 Å². The van der Waals surface area contributed by atoms with Crippen LogP contribution in [0.1, 0.15) is 35.2 Å². The van der Waals surface area contributed by atoms with Crippen molar-refractivity contribution in [3.8, 4) is 0 Å². The van der Waals surface area contributed by atoms with Crippen LogP contribution in [-0.2, 0) is 14.5 Å². The Balaban J connectivity index is 1.89. The minimum atomic E-state index is -3.25. The van der Waals surface area contributed by atoms with Crippen LogP contribution in [0.2, 0.25) is 0 Å². The number of rotatable bonds is 6. The van der Waals surface area contributed by atoms with E-state index in [1.807, 2.05) is 0 Å². The number of alkyl halides is 2. The third-order valence-corrected chi connectivity index (χ3v) is 8.49. The van der Waals surface area contributed by atoms with Crippen molar-refractivity contribution < 1.29 is 32.5 Å². The molecule has 38 heavy (non-hydrogen) atoms. The number of hydrogen-bond donors (Lipinski definition) is 2. The molecule has 206 valence electrons. The number of carbonyl (C=O) groups is 3. The standard InChI is InChI=1S/C24H28BrF2N5O5S/c1-15-18(25)13-28-21(32-10-5-8-24(26,27)9-11-32)20(15)22(34)29-16-6-4-7-17(12-16)38(3,37)30-19(33)14-31(2)23(35)36/h4,6-7,12-13H,5,8-11,14H2,1-3H3,(H,29,34)(H,35,36). The van der Waals surface area contributed by atoms with Crippen molar-refractivity contribution in [2.24, 2.45) is 4.36 Å². The quantitative estimate of drug-likeness (QED) is 0.484. The van der Waals surface area contributed by atoms with Crippen molar-refractivity contribution in [1.82, 2.24) is 9.88 Å². The Morgan fingerprint density at radius 2 is 2.00 bits per heavy atom. The molecule has 2 heterocycles. The van der Waals surface area contributed by atoms with Crippen LogP contribution >= 0.6 is 15.9 Å². The summed E-state index contributed by atoms with van der Waals surface area (Å²) in [5.41, 5.74) is 1.05. The van der Waals surface area contributed by atoms with Crippen molar-refractivity contribution >= 4 is 55.1 Å². The highest BCUT2D eigenvalue weighted by Crippen LogP contribution is 2.33. The lowest BCUT2D eigenvalue weighted by Crippen LogP contribution is -2.30. The maximum absolute atomic E-state index is 13.9. The normalized spacial score (nSPS) is 16.6. The minimum absolute atomic E-state index is 0.0430. The molecule has 1 aromatic heterocycles. The van der Waals surface area contributed by atoms with Crippen LogP contribution in [0.5, 0.6) is 0 Å². The molecule has 2 N–H and O–H groups in total. The number of nitrogens with one attached hydrogen (secondary N) is 1. The average molecular weight is 616 g/mol. The SMILES string of the molecule is Cc1c(Br)cnc(N2CCCC(F)(F)CC2)c1C(=O)Nc1cccc(S(C)(=O)=NC(=O)CN(C)C(=O)O)c1. The Morgan fingerprint density at radius 1 is 1.29 bits per heavy atom. The van der Waals surface area contributed by atoms with Crippen LogP contribution in [0.25, 0.3) is 0 Å². The van der Waals surface area contributed by atoms with E-state index in [0.717, 1.165) is 4.90 Å². The van der Waals surface area contributed by atoms with Gasteiger partial charge in [-0.25, -0.2) is 22.8 Å². The molecule has 0 bridgehead atoms. The summed E-state index contributed by atoms with van der Waals surface area (Å²) < 4.78 is 45.3. The lowest BCUT2D eigenvalue weighted by molar-refractivity contribution is -0.118. The second-order valence-corrected chi connectivity index (χ2v) is 12.1. The predicted octanol–water partition coefficient (Wildman–Crippen LogP) is 4.62. The van der Waals surface area contributed by atoms with Gasteiger partial charge in [0.15, 0.2) is 0 Å². The molecule has 0 spiro atoms. The lowest BCUT2D eigenvalue weighted by Gasteiger charge is -2.25. The summed E-state index contributed by atoms with van der Waals surface area (Å²) in [6.45, 7) is 1.52. The number of halogens is 3. The van der Waals surface area contributed by atoms with Gasteiger partial charge in [0.05, 0.1) is 15.3 Å². The van der Waals surface area contributed by atoms with E-state index in [1.54, 1.807) is 17.9 Å². The Bertz CT molecular complexity index is 1380. The van der Waals surface area contributed by atoms with Crippen LogP contribution in [0, 0.1) is 6.92 Å². The Hall–Kier alpha value is -3.13. The van der Waals surface area contributed by atoms with E-state index < -0.39 is 40.1 Å². The van der Waals surface area contributed by atoms with Gasteiger partial charge in [0, 0.05) is 60.5 Å². The molecule has 1 fully saturated rings. The first kappa shape index (κ1) is 29.4. The Kier molecular flexibility index (Phi) is 9.08. The largest absolute Gasteiger partial charge is 0.465 e. The molecule has 1 aromatic carbocycles. The van der Waals surface area contributed by atoms with E-state index in [-0.39, 0.29) is 42.0 Å². The van der Waals surface area contributed by atoms with Crippen LogP contribution < -0.4 is 10.2 Å². The molecule has 1 aliphatic heterocycles. The van der Waals surface area contributed by atoms with Gasteiger partial charge in [-0.15, -0.1) is 0 Å². The number of benzene rings is 1. The van der Waals surface area contributed by atoms with Crippen LogP contribution in [0.4, 0.5) is 25.1 Å². The average Bonchev–Trinajstić information content (AvgIpc) is 3.00. The van der Waals surface area contributed by atoms with Gasteiger partial charge in [-0.1, -0.05) is 6.07 Å². The third kappa shape index (κ3) is 7.25. The highest BCUT2D eigenvalue weighted by molar-refractivity contribution is 9.10. The van der Waals surface area contributed by atoms with Crippen LogP contribution in [-0.4, -0.2) is 76.0 Å². The van der Waals surface area contributed by atoms with E-state index in [0.29, 0.717) is 22.4 Å². The molecule has 3 rings (SSSR count). The van der Waals surface area contributed by atoms with Crippen LogP contribution in [0.3, 0.4) is 0 Å². The first-order valence-electron chi connectivity index (χ1n) is 11.6. The molecule has 14 heteroatoms. The Morgan fingerprint density at radius 3 is 2.68 bits per heavy atom. The summed E-state index contributed by atoms with van der Waals surface area (Å²) >= 11 is 3.37. The molecule has 1 unspecified atom stereocenters. The molecule has 0 aliphatic carbocycles. The summed E-state index contributed by atoms with van der Waals surface area (Å²) in [7, 11) is -2.07. The fraction of sp³-hybridized carbons (Fsp3) is 0.417. The molecular weight excluding hydrogens is 588 g/mol. The molecule has 3 amide bonds. The maximum atomic E-state index is 13.9. The zero-order chi connectivity index (χ0) is 28.3. The third-order valence-electron chi connectivity index (χ3n) is 6.01. The zero-order valence-corrected chi connectivity index (χ0v) is 23.4. The molecule has 1 aliphatic rings. The molecule has 10 nitrogen and oxygen atoms in total. The fourth-order valence-electron chi connectivity index (χ4n) is 3.90. The Labute approximate surface area is 227 Å². The number of likely N-dealkylation sites (N-methyl/N-ethyl adjacent to an activating group) is 1. The summed E-state index contributed by atoms with van der Waals surface area (Å²) in [6, 6.07) is 5.97. The number of carboxylic acid groups (broad SMARTS) is 1. The number of nitrogens with zero attached hydrogens (tertiary/aromatic N) is 4. The lowest BCUT2D eigenvalue weighted by atomic mass is 10.1. The summed E-state index contributed by atoms with van der Waals surface area (Å²) in [5.74, 6) is -3.90. The second-order valence-electron chi connectivity index (χ2n) is 9.03. The number of amides is 3. The van der Waals surface area contributed by atoms with Crippen molar-refractivity contribution in [3.63, 3.8) is 0 Å². The van der Waals surface area contributed by atoms with Gasteiger partial charge in [0.1, 0.15) is 12.4 Å². The number of aromatic nitrogens is 1. The zero-order valence-electron chi connectivity index (χ0n) is 21.0. The van der Waals surface area contributed by atoms with Crippen molar-refractivity contribution in [2.45, 2.75) is 37.0 Å². The maximum Gasteiger partial charge on any atom is 0.407 e. The van der Waals surface area contributed by atoms with Gasteiger partial charge in [0.25, 0.3) is 11.8 Å². The van der Waals surface area contributed by atoms with Gasteiger partial charge >= 0.3 is 6.09 Å². The monoisotopic (exact) mass is 615 g/mol. The molecule has 0 saturated carbocycles. The fourth-order valence-corrected chi connectivity index (χ4v) is 5.43. The summed E-state index contributed by atoms with van der Waals surface area (Å²) in [4.78, 5) is 43.4. The number of carbonyl (C=O) groups excluding carboxylic acids is 2. The topological polar surface area (TPSA) is 132 Å². The van der Waals surface area contributed by atoms with Crippen LogP contribution in [0.15, 0.2) is 44.2 Å². The first-order valence-corrected chi connectivity index (χ1v) is 14.3. The molecule has 1 atom stereocenters. The molecular formula is C24H28BrF2N5O5S. The molecule has 1 saturated heterocycles. The summed E-state index contributed by atoms with van der Waals surface area (Å²) in [5, 5.41) is 11.7.